The highest BCUT2D eigenvalue weighted by Gasteiger charge is 2.43. The second kappa shape index (κ2) is 9.00. The van der Waals surface area contributed by atoms with Gasteiger partial charge in [0, 0.05) is 22.7 Å². The molecule has 3 heteroatoms. The molecule has 0 radical (unpaired) electrons. The van der Waals surface area contributed by atoms with Crippen LogP contribution in [0.15, 0.2) is 0 Å². The highest BCUT2D eigenvalue weighted by atomic mass is 15.2. The van der Waals surface area contributed by atoms with Crippen LogP contribution in [0.2, 0.25) is 0 Å². The molecule has 0 aromatic heterocycles. The van der Waals surface area contributed by atoms with Gasteiger partial charge in [-0.05, 0) is 86.2 Å². The smallest absolute Gasteiger partial charge is 0.0179 e. The summed E-state index contributed by atoms with van der Waals surface area (Å²) in [6, 6.07) is 0.677. The lowest BCUT2D eigenvalue weighted by molar-refractivity contribution is -0.00838. The van der Waals surface area contributed by atoms with E-state index in [9.17, 15) is 0 Å². The molecule has 1 fully saturated rings. The fourth-order valence-electron chi connectivity index (χ4n) is 4.82. The lowest BCUT2D eigenvalue weighted by Crippen LogP contribution is -2.65. The Balaban J connectivity index is 2.87. The summed E-state index contributed by atoms with van der Waals surface area (Å²) in [7, 11) is 0. The van der Waals surface area contributed by atoms with Gasteiger partial charge in [-0.2, -0.15) is 0 Å². The zero-order valence-electron chi connectivity index (χ0n) is 17.7. The average molecular weight is 340 g/mol. The molecule has 1 rings (SSSR count). The van der Waals surface area contributed by atoms with E-state index in [1.54, 1.807) is 0 Å². The van der Waals surface area contributed by atoms with Crippen molar-refractivity contribution in [3.8, 4) is 0 Å². The maximum Gasteiger partial charge on any atom is 0.0179 e. The Hall–Kier alpha value is -0.120. The first-order valence-electron chi connectivity index (χ1n) is 10.4. The molecule has 24 heavy (non-hydrogen) atoms. The molecule has 3 nitrogen and oxygen atoms in total. The monoisotopic (exact) mass is 339 g/mol. The molecular formula is C21H45N3. The molecule has 144 valence electrons. The molecule has 0 atom stereocenters. The van der Waals surface area contributed by atoms with Crippen LogP contribution in [0.5, 0.6) is 0 Å². The van der Waals surface area contributed by atoms with Crippen LogP contribution in [0.25, 0.3) is 0 Å². The highest BCUT2D eigenvalue weighted by Crippen LogP contribution is 2.37. The van der Waals surface area contributed by atoms with E-state index in [-0.39, 0.29) is 11.1 Å². The first-order chi connectivity index (χ1) is 11.1. The zero-order chi connectivity index (χ0) is 18.4. The number of piperidine rings is 1. The van der Waals surface area contributed by atoms with Crippen LogP contribution in [0.4, 0.5) is 0 Å². The highest BCUT2D eigenvalue weighted by molar-refractivity contribution is 5.02. The summed E-state index contributed by atoms with van der Waals surface area (Å²) >= 11 is 0. The Bertz CT molecular complexity index is 342. The molecule has 1 heterocycles. The number of unbranched alkanes of at least 4 members (excludes halogenated alkanes) is 3. The molecule has 1 aliphatic heterocycles. The minimum absolute atomic E-state index is 0.215. The van der Waals surface area contributed by atoms with Crippen LogP contribution in [0.1, 0.15) is 99.8 Å². The molecule has 0 aromatic carbocycles. The summed E-state index contributed by atoms with van der Waals surface area (Å²) in [5, 5.41) is 3.85. The molecule has 0 spiro atoms. The standard InChI is InChI=1S/C21H45N3/c1-8-21(7,9-2)24(15-13-11-10-12-14-22)18-16-19(3,4)23-20(5,6)17-18/h18,23H,8-17,22H2,1-7H3. The lowest BCUT2D eigenvalue weighted by atomic mass is 9.77. The third-order valence-electron chi connectivity index (χ3n) is 6.18. The third-order valence-corrected chi connectivity index (χ3v) is 6.18. The normalized spacial score (nSPS) is 21.4. The summed E-state index contributed by atoms with van der Waals surface area (Å²) in [6.45, 7) is 18.8. The van der Waals surface area contributed by atoms with E-state index in [0.717, 1.165) is 6.54 Å². The molecule has 0 aromatic rings. The van der Waals surface area contributed by atoms with Crippen molar-refractivity contribution in [2.45, 2.75) is 122 Å². The van der Waals surface area contributed by atoms with Crippen LogP contribution in [-0.2, 0) is 0 Å². The quantitative estimate of drug-likeness (QED) is 0.567. The molecule has 0 bridgehead atoms. The van der Waals surface area contributed by atoms with E-state index in [1.807, 2.05) is 0 Å². The van der Waals surface area contributed by atoms with E-state index in [1.165, 1.54) is 57.9 Å². The number of hydrogen-bond acceptors (Lipinski definition) is 3. The number of nitrogens with two attached hydrogens (primary N) is 1. The molecule has 1 saturated heterocycles. The minimum Gasteiger partial charge on any atom is -0.330 e. The van der Waals surface area contributed by atoms with Gasteiger partial charge in [-0.3, -0.25) is 4.90 Å². The largest absolute Gasteiger partial charge is 0.330 e. The van der Waals surface area contributed by atoms with E-state index in [2.05, 4.69) is 58.7 Å². The predicted molar refractivity (Wildman–Crippen MR) is 108 cm³/mol. The van der Waals surface area contributed by atoms with Crippen molar-refractivity contribution in [1.29, 1.82) is 0 Å². The fraction of sp³-hybridized carbons (Fsp3) is 1.00. The van der Waals surface area contributed by atoms with Gasteiger partial charge in [-0.15, -0.1) is 0 Å². The molecule has 0 aliphatic carbocycles. The Kier molecular flexibility index (Phi) is 8.22. The van der Waals surface area contributed by atoms with Crippen LogP contribution in [0.3, 0.4) is 0 Å². The predicted octanol–water partition coefficient (Wildman–Crippen LogP) is 4.70. The fourth-order valence-corrected chi connectivity index (χ4v) is 4.82. The molecule has 0 unspecified atom stereocenters. The Morgan fingerprint density at radius 1 is 0.958 bits per heavy atom. The van der Waals surface area contributed by atoms with Crippen LogP contribution < -0.4 is 11.1 Å². The molecule has 3 N–H and O–H groups in total. The van der Waals surface area contributed by atoms with E-state index in [4.69, 9.17) is 5.73 Å². The summed E-state index contributed by atoms with van der Waals surface area (Å²) in [4.78, 5) is 2.87. The van der Waals surface area contributed by atoms with Gasteiger partial charge in [0.1, 0.15) is 0 Å². The average Bonchev–Trinajstić information content (AvgIpc) is 2.47. The van der Waals surface area contributed by atoms with E-state index in [0.29, 0.717) is 11.6 Å². The third kappa shape index (κ3) is 6.31. The van der Waals surface area contributed by atoms with Gasteiger partial charge in [0.15, 0.2) is 0 Å². The van der Waals surface area contributed by atoms with Crippen LogP contribution >= 0.6 is 0 Å². The van der Waals surface area contributed by atoms with E-state index < -0.39 is 0 Å². The first kappa shape index (κ1) is 21.9. The number of nitrogens with one attached hydrogen (secondary N) is 1. The Morgan fingerprint density at radius 3 is 1.92 bits per heavy atom. The van der Waals surface area contributed by atoms with Crippen molar-refractivity contribution in [3.63, 3.8) is 0 Å². The van der Waals surface area contributed by atoms with Gasteiger partial charge in [0.05, 0.1) is 0 Å². The molecule has 0 amide bonds. The summed E-state index contributed by atoms with van der Waals surface area (Å²) in [5.41, 5.74) is 6.39. The topological polar surface area (TPSA) is 41.3 Å². The summed E-state index contributed by atoms with van der Waals surface area (Å²) in [5.74, 6) is 0. The van der Waals surface area contributed by atoms with Gasteiger partial charge in [0.25, 0.3) is 0 Å². The van der Waals surface area contributed by atoms with Gasteiger partial charge >= 0.3 is 0 Å². The van der Waals surface area contributed by atoms with Crippen molar-refractivity contribution in [1.82, 2.24) is 10.2 Å². The maximum absolute atomic E-state index is 5.64. The molecule has 1 aliphatic rings. The second-order valence-electron chi connectivity index (χ2n) is 9.56. The zero-order valence-corrected chi connectivity index (χ0v) is 17.7. The van der Waals surface area contributed by atoms with Crippen molar-refractivity contribution < 1.29 is 0 Å². The van der Waals surface area contributed by atoms with Crippen molar-refractivity contribution >= 4 is 0 Å². The summed E-state index contributed by atoms with van der Waals surface area (Å²) < 4.78 is 0. The van der Waals surface area contributed by atoms with Crippen molar-refractivity contribution in [2.75, 3.05) is 13.1 Å². The SMILES string of the molecule is CCC(C)(CC)N(CCCCCCN)C1CC(C)(C)NC(C)(C)C1. The van der Waals surface area contributed by atoms with Crippen LogP contribution in [0, 0.1) is 0 Å². The van der Waals surface area contributed by atoms with Gasteiger partial charge in [-0.1, -0.05) is 26.7 Å². The molecule has 0 saturated carbocycles. The van der Waals surface area contributed by atoms with Gasteiger partial charge < -0.3 is 11.1 Å². The summed E-state index contributed by atoms with van der Waals surface area (Å²) in [6.07, 6.45) is 10.0. The number of rotatable bonds is 10. The Morgan fingerprint density at radius 2 is 1.46 bits per heavy atom. The van der Waals surface area contributed by atoms with Crippen LogP contribution in [-0.4, -0.2) is 40.6 Å². The van der Waals surface area contributed by atoms with E-state index >= 15 is 0 Å². The number of nitrogens with zero attached hydrogens (tertiary/aromatic N) is 1. The lowest BCUT2D eigenvalue weighted by Gasteiger charge is -2.54. The number of hydrogen-bond donors (Lipinski definition) is 2. The van der Waals surface area contributed by atoms with Gasteiger partial charge in [-0.25, -0.2) is 0 Å². The minimum atomic E-state index is 0.215. The van der Waals surface area contributed by atoms with Gasteiger partial charge in [0.2, 0.25) is 0 Å². The Labute approximate surface area is 152 Å². The second-order valence-corrected chi connectivity index (χ2v) is 9.56. The molecular weight excluding hydrogens is 294 g/mol. The van der Waals surface area contributed by atoms with Crippen molar-refractivity contribution in [3.05, 3.63) is 0 Å². The maximum atomic E-state index is 5.64. The first-order valence-corrected chi connectivity index (χ1v) is 10.4. The van der Waals surface area contributed by atoms with Crippen molar-refractivity contribution in [2.24, 2.45) is 5.73 Å².